The lowest BCUT2D eigenvalue weighted by Gasteiger charge is -2.08. The number of nitrogens with zero attached hydrogens (tertiary/aromatic N) is 1. The Labute approximate surface area is 134 Å². The third-order valence-electron chi connectivity index (χ3n) is 3.69. The summed E-state index contributed by atoms with van der Waals surface area (Å²) in [7, 11) is 0. The highest BCUT2D eigenvalue weighted by Gasteiger charge is 2.08. The van der Waals surface area contributed by atoms with Gasteiger partial charge in [-0.05, 0) is 41.8 Å². The molecular formula is C19H14ClNO. The van der Waals surface area contributed by atoms with E-state index < -0.39 is 0 Å². The van der Waals surface area contributed by atoms with Gasteiger partial charge in [0.1, 0.15) is 0 Å². The van der Waals surface area contributed by atoms with E-state index in [9.17, 15) is 4.79 Å². The maximum atomic E-state index is 11.5. The van der Waals surface area contributed by atoms with Crippen molar-refractivity contribution in [2.24, 2.45) is 0 Å². The first-order valence-electron chi connectivity index (χ1n) is 6.96. The number of fused-ring (bicyclic) bond motifs is 1. The van der Waals surface area contributed by atoms with Crippen LogP contribution in [0, 0.1) is 0 Å². The Kier molecular flexibility index (Phi) is 4.03. The Morgan fingerprint density at radius 3 is 2.55 bits per heavy atom. The van der Waals surface area contributed by atoms with Crippen LogP contribution in [0.15, 0.2) is 60.8 Å². The van der Waals surface area contributed by atoms with Crippen LogP contribution in [-0.2, 0) is 4.79 Å². The van der Waals surface area contributed by atoms with Crippen LogP contribution in [0.25, 0.3) is 22.0 Å². The van der Waals surface area contributed by atoms with Crippen molar-refractivity contribution in [1.29, 1.82) is 0 Å². The lowest BCUT2D eigenvalue weighted by Crippen LogP contribution is -1.92. The molecule has 0 amide bonds. The monoisotopic (exact) mass is 307 g/mol. The molecule has 0 saturated heterocycles. The van der Waals surface area contributed by atoms with E-state index in [4.69, 9.17) is 11.6 Å². The number of allylic oxidation sites excluding steroid dienone is 2. The summed E-state index contributed by atoms with van der Waals surface area (Å²) in [4.78, 5) is 16.0. The molecule has 3 aromatic rings. The fourth-order valence-electron chi connectivity index (χ4n) is 2.45. The van der Waals surface area contributed by atoms with Gasteiger partial charge >= 0.3 is 0 Å². The second-order valence-electron chi connectivity index (χ2n) is 5.08. The smallest absolute Gasteiger partial charge is 0.150 e. The first-order chi connectivity index (χ1) is 10.7. The van der Waals surface area contributed by atoms with Crippen LogP contribution in [0.4, 0.5) is 0 Å². The number of rotatable bonds is 3. The van der Waals surface area contributed by atoms with Gasteiger partial charge < -0.3 is 0 Å². The zero-order chi connectivity index (χ0) is 15.5. The molecule has 0 N–H and O–H groups in total. The standard InChI is InChI=1S/C19H14ClNO/c1-13(18(12-22)14-5-3-2-4-6-14)16-9-15-7-8-17(20)10-19(15)21-11-16/h2-12H,1H3. The molecule has 0 aliphatic rings. The van der Waals surface area contributed by atoms with Crippen LogP contribution in [0.3, 0.4) is 0 Å². The Balaban J connectivity index is 2.14. The lowest BCUT2D eigenvalue weighted by atomic mass is 9.97. The molecule has 3 rings (SSSR count). The molecule has 0 atom stereocenters. The van der Waals surface area contributed by atoms with Gasteiger partial charge in [-0.25, -0.2) is 0 Å². The SMILES string of the molecule is CC(=C(C=O)c1ccccc1)c1cnc2cc(Cl)ccc2c1. The zero-order valence-electron chi connectivity index (χ0n) is 12.1. The number of halogens is 1. The predicted molar refractivity (Wildman–Crippen MR) is 91.7 cm³/mol. The predicted octanol–water partition coefficient (Wildman–Crippen LogP) is 5.02. The van der Waals surface area contributed by atoms with Gasteiger partial charge in [0.05, 0.1) is 5.52 Å². The minimum absolute atomic E-state index is 0.665. The molecule has 0 radical (unpaired) electrons. The van der Waals surface area contributed by atoms with Crippen LogP contribution in [0.2, 0.25) is 5.02 Å². The third-order valence-corrected chi connectivity index (χ3v) is 3.92. The van der Waals surface area contributed by atoms with E-state index in [0.717, 1.165) is 33.9 Å². The average molecular weight is 308 g/mol. The molecule has 0 bridgehead atoms. The fraction of sp³-hybridized carbons (Fsp3) is 0.0526. The van der Waals surface area contributed by atoms with E-state index in [1.807, 2.05) is 61.5 Å². The zero-order valence-corrected chi connectivity index (χ0v) is 12.8. The van der Waals surface area contributed by atoms with Crippen molar-refractivity contribution in [1.82, 2.24) is 4.98 Å². The molecular weight excluding hydrogens is 294 g/mol. The summed E-state index contributed by atoms with van der Waals surface area (Å²) >= 11 is 5.98. The number of benzene rings is 2. The molecule has 2 nitrogen and oxygen atoms in total. The Hall–Kier alpha value is -2.45. The summed E-state index contributed by atoms with van der Waals surface area (Å²) in [5, 5.41) is 1.66. The third kappa shape index (κ3) is 2.78. The highest BCUT2D eigenvalue weighted by atomic mass is 35.5. The first kappa shape index (κ1) is 14.5. The quantitative estimate of drug-likeness (QED) is 0.502. The number of aromatic nitrogens is 1. The normalized spacial score (nSPS) is 12.1. The maximum absolute atomic E-state index is 11.5. The van der Waals surface area contributed by atoms with Crippen molar-refractivity contribution >= 4 is 39.9 Å². The highest BCUT2D eigenvalue weighted by molar-refractivity contribution is 6.31. The first-order valence-corrected chi connectivity index (χ1v) is 7.34. The molecule has 1 aromatic heterocycles. The second kappa shape index (κ2) is 6.12. The fourth-order valence-corrected chi connectivity index (χ4v) is 2.61. The van der Waals surface area contributed by atoms with E-state index in [0.29, 0.717) is 10.6 Å². The molecule has 108 valence electrons. The molecule has 3 heteroatoms. The van der Waals surface area contributed by atoms with Gasteiger partial charge in [-0.3, -0.25) is 9.78 Å². The highest BCUT2D eigenvalue weighted by Crippen LogP contribution is 2.27. The summed E-state index contributed by atoms with van der Waals surface area (Å²) in [6.45, 7) is 1.94. The molecule has 22 heavy (non-hydrogen) atoms. The number of carbonyl (C=O) groups is 1. The number of aldehydes is 1. The molecule has 0 unspecified atom stereocenters. The van der Waals surface area contributed by atoms with Gasteiger partial charge in [-0.15, -0.1) is 0 Å². The van der Waals surface area contributed by atoms with Gasteiger partial charge in [-0.2, -0.15) is 0 Å². The molecule has 0 aliphatic carbocycles. The Morgan fingerprint density at radius 1 is 1.05 bits per heavy atom. The molecule has 2 aromatic carbocycles. The van der Waals surface area contributed by atoms with Gasteiger partial charge in [0.2, 0.25) is 0 Å². The summed E-state index contributed by atoms with van der Waals surface area (Å²) < 4.78 is 0. The minimum Gasteiger partial charge on any atom is -0.298 e. The number of pyridine rings is 1. The Morgan fingerprint density at radius 2 is 1.82 bits per heavy atom. The summed E-state index contributed by atoms with van der Waals surface area (Å²) in [6.07, 6.45) is 2.68. The van der Waals surface area contributed by atoms with Crippen LogP contribution >= 0.6 is 11.6 Å². The Bertz CT molecular complexity index is 869. The van der Waals surface area contributed by atoms with Crippen LogP contribution in [-0.4, -0.2) is 11.3 Å². The van der Waals surface area contributed by atoms with Crippen molar-refractivity contribution in [3.8, 4) is 0 Å². The molecule has 0 saturated carbocycles. The summed E-state index contributed by atoms with van der Waals surface area (Å²) in [6, 6.07) is 17.3. The van der Waals surface area contributed by atoms with E-state index >= 15 is 0 Å². The summed E-state index contributed by atoms with van der Waals surface area (Å²) in [5.74, 6) is 0. The number of carbonyl (C=O) groups excluding carboxylic acids is 1. The number of hydrogen-bond acceptors (Lipinski definition) is 2. The largest absolute Gasteiger partial charge is 0.298 e. The molecule has 0 spiro atoms. The maximum Gasteiger partial charge on any atom is 0.150 e. The molecule has 0 fully saturated rings. The average Bonchev–Trinajstić information content (AvgIpc) is 2.56. The van der Waals surface area contributed by atoms with Crippen LogP contribution in [0.1, 0.15) is 18.1 Å². The van der Waals surface area contributed by atoms with Crippen LogP contribution < -0.4 is 0 Å². The van der Waals surface area contributed by atoms with Crippen molar-refractivity contribution in [2.45, 2.75) is 6.92 Å². The lowest BCUT2D eigenvalue weighted by molar-refractivity contribution is -0.103. The van der Waals surface area contributed by atoms with E-state index in [-0.39, 0.29) is 0 Å². The van der Waals surface area contributed by atoms with Crippen molar-refractivity contribution in [3.05, 3.63) is 76.9 Å². The van der Waals surface area contributed by atoms with Crippen molar-refractivity contribution in [2.75, 3.05) is 0 Å². The van der Waals surface area contributed by atoms with Gasteiger partial charge in [0, 0.05) is 22.2 Å². The van der Waals surface area contributed by atoms with Gasteiger partial charge in [0.25, 0.3) is 0 Å². The molecule has 1 heterocycles. The van der Waals surface area contributed by atoms with Gasteiger partial charge in [0.15, 0.2) is 6.29 Å². The van der Waals surface area contributed by atoms with E-state index in [2.05, 4.69) is 4.98 Å². The van der Waals surface area contributed by atoms with Crippen molar-refractivity contribution < 1.29 is 4.79 Å². The van der Waals surface area contributed by atoms with Crippen LogP contribution in [0.5, 0.6) is 0 Å². The minimum atomic E-state index is 0.665. The van der Waals surface area contributed by atoms with E-state index in [1.54, 1.807) is 6.20 Å². The second-order valence-corrected chi connectivity index (χ2v) is 5.52. The molecule has 0 aliphatic heterocycles. The van der Waals surface area contributed by atoms with Gasteiger partial charge in [-0.1, -0.05) is 48.0 Å². The van der Waals surface area contributed by atoms with Crippen molar-refractivity contribution in [3.63, 3.8) is 0 Å². The summed E-state index contributed by atoms with van der Waals surface area (Å²) in [5.41, 5.74) is 4.27. The number of hydrogen-bond donors (Lipinski definition) is 0. The van der Waals surface area contributed by atoms with E-state index in [1.165, 1.54) is 0 Å². The topological polar surface area (TPSA) is 30.0 Å².